The fourth-order valence-corrected chi connectivity index (χ4v) is 2.49. The van der Waals surface area contributed by atoms with Gasteiger partial charge in [0.25, 0.3) is 5.88 Å². The number of aromatic hydroxyl groups is 2. The van der Waals surface area contributed by atoms with Crippen LogP contribution in [0.5, 0.6) is 11.5 Å². The third-order valence-electron chi connectivity index (χ3n) is 2.97. The summed E-state index contributed by atoms with van der Waals surface area (Å²) in [6, 6.07) is 10.7. The number of fused-ring (bicyclic) bond motifs is 1. The van der Waals surface area contributed by atoms with Crippen molar-refractivity contribution in [2.75, 3.05) is 11.0 Å². The van der Waals surface area contributed by atoms with Crippen molar-refractivity contribution in [3.05, 3.63) is 36.4 Å². The summed E-state index contributed by atoms with van der Waals surface area (Å²) in [6.45, 7) is 0. The lowest BCUT2D eigenvalue weighted by Crippen LogP contribution is -2.08. The lowest BCUT2D eigenvalue weighted by Gasteiger charge is -2.01. The Hall–Kier alpha value is -2.74. The fourth-order valence-electron chi connectivity index (χ4n) is 2.02. The highest BCUT2D eigenvalue weighted by molar-refractivity contribution is 7.92. The van der Waals surface area contributed by atoms with Gasteiger partial charge >= 0.3 is 0 Å². The maximum atomic E-state index is 11.2. The molecular formula is C14H12N2O5S. The lowest BCUT2D eigenvalue weighted by atomic mass is 10.2. The molecule has 0 saturated heterocycles. The smallest absolute Gasteiger partial charge is 0.253 e. The maximum absolute atomic E-state index is 11.2. The van der Waals surface area contributed by atoms with Crippen molar-refractivity contribution < 1.29 is 23.0 Å². The summed E-state index contributed by atoms with van der Waals surface area (Å²) < 4.78 is 29.6. The Balaban J connectivity index is 2.12. The highest BCUT2D eigenvalue weighted by Gasteiger charge is 2.23. The van der Waals surface area contributed by atoms with Gasteiger partial charge in [0.1, 0.15) is 5.69 Å². The van der Waals surface area contributed by atoms with E-state index < -0.39 is 27.4 Å². The number of nitrogens with zero attached hydrogens (tertiary/aromatic N) is 1. The van der Waals surface area contributed by atoms with Crippen LogP contribution in [0.25, 0.3) is 22.4 Å². The molecule has 0 fully saturated rings. The predicted octanol–water partition coefficient (Wildman–Crippen LogP) is 2.28. The van der Waals surface area contributed by atoms with Crippen LogP contribution >= 0.6 is 0 Å². The monoisotopic (exact) mass is 320 g/mol. The molecule has 2 aromatic heterocycles. The second-order valence-electron chi connectivity index (χ2n) is 4.72. The molecule has 7 nitrogen and oxygen atoms in total. The Morgan fingerprint density at radius 1 is 1.09 bits per heavy atom. The third kappa shape index (κ3) is 2.56. The topological polar surface area (TPSA) is 113 Å². The number of benzene rings is 1. The van der Waals surface area contributed by atoms with Gasteiger partial charge in [-0.1, -0.05) is 24.3 Å². The molecule has 0 radical (unpaired) electrons. The summed E-state index contributed by atoms with van der Waals surface area (Å²) in [6.07, 6.45) is 0.903. The summed E-state index contributed by atoms with van der Waals surface area (Å²) >= 11 is 0. The van der Waals surface area contributed by atoms with Crippen molar-refractivity contribution in [3.63, 3.8) is 0 Å². The van der Waals surface area contributed by atoms with Crippen LogP contribution in [-0.2, 0) is 10.0 Å². The zero-order chi connectivity index (χ0) is 15.9. The van der Waals surface area contributed by atoms with Crippen molar-refractivity contribution in [1.82, 2.24) is 4.98 Å². The SMILES string of the molecule is CS(=O)(=O)Nc1oc(-c2ccc3ccccc3n2)c(O)c1O. The molecule has 8 heteroatoms. The van der Waals surface area contributed by atoms with Gasteiger partial charge in [0.15, 0.2) is 0 Å². The van der Waals surface area contributed by atoms with Gasteiger partial charge in [0, 0.05) is 5.39 Å². The van der Waals surface area contributed by atoms with Gasteiger partial charge in [-0.2, -0.15) is 0 Å². The molecule has 22 heavy (non-hydrogen) atoms. The summed E-state index contributed by atoms with van der Waals surface area (Å²) in [7, 11) is -3.66. The zero-order valence-corrected chi connectivity index (χ0v) is 12.3. The van der Waals surface area contributed by atoms with E-state index in [1.165, 1.54) is 0 Å². The Kier molecular flexibility index (Phi) is 3.18. The summed E-state index contributed by atoms with van der Waals surface area (Å²) in [5.41, 5.74) is 0.945. The van der Waals surface area contributed by atoms with Crippen LogP contribution in [0.4, 0.5) is 5.88 Å². The molecule has 114 valence electrons. The average Bonchev–Trinajstić information content (AvgIpc) is 2.73. The van der Waals surface area contributed by atoms with Gasteiger partial charge in [0.05, 0.1) is 11.8 Å². The first kappa shape index (κ1) is 14.2. The minimum atomic E-state index is -3.66. The third-order valence-corrected chi connectivity index (χ3v) is 3.52. The van der Waals surface area contributed by atoms with Crippen molar-refractivity contribution in [2.24, 2.45) is 0 Å². The molecule has 0 saturated carbocycles. The number of nitrogens with one attached hydrogen (secondary N) is 1. The molecule has 0 bridgehead atoms. The second kappa shape index (κ2) is 4.92. The van der Waals surface area contributed by atoms with Crippen molar-refractivity contribution >= 4 is 26.8 Å². The number of furan rings is 1. The predicted molar refractivity (Wildman–Crippen MR) is 81.2 cm³/mol. The van der Waals surface area contributed by atoms with Crippen LogP contribution < -0.4 is 4.72 Å². The van der Waals surface area contributed by atoms with E-state index in [0.717, 1.165) is 11.6 Å². The normalized spacial score (nSPS) is 11.7. The van der Waals surface area contributed by atoms with Crippen LogP contribution in [0.2, 0.25) is 0 Å². The molecule has 0 atom stereocenters. The first-order valence-electron chi connectivity index (χ1n) is 6.24. The van der Waals surface area contributed by atoms with Crippen LogP contribution in [0.3, 0.4) is 0 Å². The van der Waals surface area contributed by atoms with Crippen LogP contribution in [0.1, 0.15) is 0 Å². The molecule has 0 aliphatic heterocycles. The number of anilines is 1. The lowest BCUT2D eigenvalue weighted by molar-refractivity contribution is 0.410. The molecule has 0 aliphatic carbocycles. The number of para-hydroxylation sites is 1. The molecule has 0 spiro atoms. The van der Waals surface area contributed by atoms with Crippen LogP contribution in [0, 0.1) is 0 Å². The number of hydrogen-bond donors (Lipinski definition) is 3. The Labute approximate surface area is 125 Å². The molecule has 3 N–H and O–H groups in total. The van der Waals surface area contributed by atoms with Crippen molar-refractivity contribution in [1.29, 1.82) is 0 Å². The number of sulfonamides is 1. The number of rotatable bonds is 3. The van der Waals surface area contributed by atoms with E-state index in [0.29, 0.717) is 5.52 Å². The average molecular weight is 320 g/mol. The van der Waals surface area contributed by atoms with Crippen molar-refractivity contribution in [3.8, 4) is 23.0 Å². The number of hydrogen-bond acceptors (Lipinski definition) is 6. The Morgan fingerprint density at radius 2 is 1.82 bits per heavy atom. The van der Waals surface area contributed by atoms with Gasteiger partial charge in [0.2, 0.25) is 27.3 Å². The van der Waals surface area contributed by atoms with Gasteiger partial charge in [-0.25, -0.2) is 13.4 Å². The number of pyridine rings is 1. The molecular weight excluding hydrogens is 308 g/mol. The Bertz CT molecular complexity index is 963. The molecule has 1 aromatic carbocycles. The Morgan fingerprint density at radius 3 is 2.55 bits per heavy atom. The maximum Gasteiger partial charge on any atom is 0.253 e. The first-order valence-corrected chi connectivity index (χ1v) is 8.13. The van der Waals surface area contributed by atoms with E-state index in [-0.39, 0.29) is 11.5 Å². The van der Waals surface area contributed by atoms with Gasteiger partial charge < -0.3 is 14.6 Å². The summed E-state index contributed by atoms with van der Waals surface area (Å²) in [5, 5.41) is 20.6. The van der Waals surface area contributed by atoms with E-state index in [1.807, 2.05) is 22.9 Å². The molecule has 0 amide bonds. The summed E-state index contributed by atoms with van der Waals surface area (Å²) in [5.74, 6) is -1.83. The van der Waals surface area contributed by atoms with Crippen molar-refractivity contribution in [2.45, 2.75) is 0 Å². The molecule has 0 unspecified atom stereocenters. The molecule has 3 aromatic rings. The van der Waals surface area contributed by atoms with Gasteiger partial charge in [-0.05, 0) is 12.1 Å². The minimum absolute atomic E-state index is 0.116. The highest BCUT2D eigenvalue weighted by Crippen LogP contribution is 2.45. The number of aromatic nitrogens is 1. The van der Waals surface area contributed by atoms with E-state index in [4.69, 9.17) is 4.42 Å². The zero-order valence-electron chi connectivity index (χ0n) is 11.4. The minimum Gasteiger partial charge on any atom is -0.501 e. The van der Waals surface area contributed by atoms with Crippen LogP contribution in [0.15, 0.2) is 40.8 Å². The highest BCUT2D eigenvalue weighted by atomic mass is 32.2. The van der Waals surface area contributed by atoms with E-state index in [9.17, 15) is 18.6 Å². The summed E-state index contributed by atoms with van der Waals surface area (Å²) in [4.78, 5) is 4.32. The largest absolute Gasteiger partial charge is 0.501 e. The fraction of sp³-hybridized carbons (Fsp3) is 0.0714. The standard InChI is InChI=1S/C14H12N2O5S/c1-22(19,20)16-14-12(18)11(17)13(21-14)10-7-6-8-4-2-3-5-9(8)15-10/h2-7,16-18H,1H3. The van der Waals surface area contributed by atoms with Gasteiger partial charge in [-0.15, -0.1) is 0 Å². The molecule has 0 aliphatic rings. The molecule has 2 heterocycles. The molecule has 3 rings (SSSR count). The quantitative estimate of drug-likeness (QED) is 0.682. The van der Waals surface area contributed by atoms with Crippen LogP contribution in [-0.4, -0.2) is 29.9 Å². The van der Waals surface area contributed by atoms with E-state index in [2.05, 4.69) is 4.98 Å². The van der Waals surface area contributed by atoms with Gasteiger partial charge in [-0.3, -0.25) is 4.72 Å². The first-order chi connectivity index (χ1) is 10.3. The second-order valence-corrected chi connectivity index (χ2v) is 6.47. The van der Waals surface area contributed by atoms with E-state index >= 15 is 0 Å². The van der Waals surface area contributed by atoms with E-state index in [1.54, 1.807) is 18.2 Å².